The van der Waals surface area contributed by atoms with Gasteiger partial charge in [0, 0.05) is 5.02 Å². The first kappa shape index (κ1) is 14.1. The van der Waals surface area contributed by atoms with Crippen molar-refractivity contribution in [3.8, 4) is 5.75 Å². The largest absolute Gasteiger partial charge is 0.485 e. The van der Waals surface area contributed by atoms with Crippen LogP contribution in [0.3, 0.4) is 0 Å². The molecule has 0 aliphatic heterocycles. The number of halogens is 2. The number of para-hydroxylation sites is 1. The summed E-state index contributed by atoms with van der Waals surface area (Å²) in [7, 11) is 0. The summed E-state index contributed by atoms with van der Waals surface area (Å²) in [5, 5.41) is 1.18. The lowest BCUT2D eigenvalue weighted by Gasteiger charge is -2.08. The molecule has 0 radical (unpaired) electrons. The summed E-state index contributed by atoms with van der Waals surface area (Å²) in [5.41, 5.74) is 0.476. The number of hydrogen-bond acceptors (Lipinski definition) is 3. The Morgan fingerprint density at radius 3 is 2.86 bits per heavy atom. The molecule has 3 rings (SSSR count). The van der Waals surface area contributed by atoms with E-state index in [0.717, 1.165) is 4.47 Å². The molecule has 4 nitrogen and oxygen atoms in total. The summed E-state index contributed by atoms with van der Waals surface area (Å²) >= 11 is 9.25. The Bertz CT molecular complexity index is 864. The van der Waals surface area contributed by atoms with Crippen LogP contribution >= 0.6 is 27.5 Å². The Morgan fingerprint density at radius 2 is 2.05 bits per heavy atom. The van der Waals surface area contributed by atoms with E-state index in [4.69, 9.17) is 16.3 Å². The normalized spacial score (nSPS) is 10.8. The number of rotatable bonds is 3. The van der Waals surface area contributed by atoms with Gasteiger partial charge >= 0.3 is 0 Å². The van der Waals surface area contributed by atoms with Crippen molar-refractivity contribution < 1.29 is 4.74 Å². The molecule has 6 heteroatoms. The highest BCUT2D eigenvalue weighted by Crippen LogP contribution is 2.28. The van der Waals surface area contributed by atoms with Crippen molar-refractivity contribution in [1.29, 1.82) is 0 Å². The lowest BCUT2D eigenvalue weighted by Crippen LogP contribution is -2.13. The molecule has 0 saturated carbocycles. The lowest BCUT2D eigenvalue weighted by atomic mass is 10.2. The standard InChI is InChI=1S/C15H10BrClN2O2/c16-11-7-9(17)5-6-13(11)21-8-14-18-12-4-2-1-3-10(12)15(20)19-14/h1-7H,8H2,(H,18,19,20). The second kappa shape index (κ2) is 5.87. The molecule has 2 aromatic carbocycles. The average Bonchev–Trinajstić information content (AvgIpc) is 2.46. The van der Waals surface area contributed by atoms with E-state index in [1.54, 1.807) is 36.4 Å². The number of H-pyrrole nitrogens is 1. The van der Waals surface area contributed by atoms with Crippen molar-refractivity contribution in [3.63, 3.8) is 0 Å². The van der Waals surface area contributed by atoms with Gasteiger partial charge in [0.05, 0.1) is 15.4 Å². The third kappa shape index (κ3) is 3.09. The molecule has 0 aliphatic rings. The zero-order valence-electron chi connectivity index (χ0n) is 10.8. The molecule has 0 aliphatic carbocycles. The third-order valence-electron chi connectivity index (χ3n) is 2.92. The van der Waals surface area contributed by atoms with E-state index in [1.165, 1.54) is 0 Å². The maximum atomic E-state index is 11.9. The SMILES string of the molecule is O=c1[nH]c(COc2ccc(Cl)cc2Br)nc2ccccc12. The summed E-state index contributed by atoms with van der Waals surface area (Å²) in [6.07, 6.45) is 0. The minimum Gasteiger partial charge on any atom is -0.485 e. The molecule has 0 saturated heterocycles. The summed E-state index contributed by atoms with van der Waals surface area (Å²) in [4.78, 5) is 19.0. The fraction of sp³-hybridized carbons (Fsp3) is 0.0667. The summed E-state index contributed by atoms with van der Waals surface area (Å²) in [6, 6.07) is 12.4. The van der Waals surface area contributed by atoms with Crippen molar-refractivity contribution in [2.24, 2.45) is 0 Å². The van der Waals surface area contributed by atoms with Gasteiger partial charge in [-0.15, -0.1) is 0 Å². The first-order valence-electron chi connectivity index (χ1n) is 6.19. The summed E-state index contributed by atoms with van der Waals surface area (Å²) < 4.78 is 6.39. The predicted octanol–water partition coefficient (Wildman–Crippen LogP) is 3.92. The highest BCUT2D eigenvalue weighted by Gasteiger charge is 2.06. The molecule has 0 fully saturated rings. The van der Waals surface area contributed by atoms with Gasteiger partial charge < -0.3 is 9.72 Å². The number of nitrogens with zero attached hydrogens (tertiary/aromatic N) is 1. The maximum absolute atomic E-state index is 11.9. The fourth-order valence-electron chi connectivity index (χ4n) is 1.94. The van der Waals surface area contributed by atoms with E-state index in [1.807, 2.05) is 6.07 Å². The Kier molecular flexibility index (Phi) is 3.94. The van der Waals surface area contributed by atoms with Crippen LogP contribution in [0.1, 0.15) is 5.82 Å². The molecule has 0 bridgehead atoms. The third-order valence-corrected chi connectivity index (χ3v) is 3.78. The predicted molar refractivity (Wildman–Crippen MR) is 85.8 cm³/mol. The van der Waals surface area contributed by atoms with Gasteiger partial charge in [-0.3, -0.25) is 4.79 Å². The topological polar surface area (TPSA) is 55.0 Å². The minimum absolute atomic E-state index is 0.167. The molecule has 1 N–H and O–H groups in total. The van der Waals surface area contributed by atoms with Gasteiger partial charge in [-0.25, -0.2) is 4.98 Å². The molecule has 21 heavy (non-hydrogen) atoms. The smallest absolute Gasteiger partial charge is 0.258 e. The second-order valence-electron chi connectivity index (χ2n) is 4.39. The van der Waals surface area contributed by atoms with Crippen molar-refractivity contribution >= 4 is 38.4 Å². The van der Waals surface area contributed by atoms with E-state index in [2.05, 4.69) is 25.9 Å². The van der Waals surface area contributed by atoms with Crippen LogP contribution in [0.5, 0.6) is 5.75 Å². The van der Waals surface area contributed by atoms with Crippen LogP contribution in [0.25, 0.3) is 10.9 Å². The fourth-order valence-corrected chi connectivity index (χ4v) is 2.74. The molecule has 0 atom stereocenters. The van der Waals surface area contributed by atoms with Gasteiger partial charge in [-0.2, -0.15) is 0 Å². The molecule has 106 valence electrons. The van der Waals surface area contributed by atoms with Crippen LogP contribution in [0.2, 0.25) is 5.02 Å². The monoisotopic (exact) mass is 364 g/mol. The van der Waals surface area contributed by atoms with E-state index >= 15 is 0 Å². The van der Waals surface area contributed by atoms with Crippen LogP contribution in [0.15, 0.2) is 51.7 Å². The molecule has 1 heterocycles. The van der Waals surface area contributed by atoms with Crippen LogP contribution in [0.4, 0.5) is 0 Å². The number of benzene rings is 2. The Balaban J connectivity index is 1.87. The number of fused-ring (bicyclic) bond motifs is 1. The molecule has 3 aromatic rings. The zero-order valence-corrected chi connectivity index (χ0v) is 13.1. The van der Waals surface area contributed by atoms with Gasteiger partial charge in [0.25, 0.3) is 5.56 Å². The molecule has 0 amide bonds. The summed E-state index contributed by atoms with van der Waals surface area (Å²) in [6.45, 7) is 0.167. The van der Waals surface area contributed by atoms with Crippen LogP contribution < -0.4 is 10.3 Å². The lowest BCUT2D eigenvalue weighted by molar-refractivity contribution is 0.294. The van der Waals surface area contributed by atoms with Crippen molar-refractivity contribution in [2.45, 2.75) is 6.61 Å². The molecular formula is C15H10BrClN2O2. The van der Waals surface area contributed by atoms with E-state index in [-0.39, 0.29) is 12.2 Å². The number of hydrogen-bond donors (Lipinski definition) is 1. The Morgan fingerprint density at radius 1 is 1.24 bits per heavy atom. The number of nitrogens with one attached hydrogen (secondary N) is 1. The van der Waals surface area contributed by atoms with Crippen molar-refractivity contribution in [2.75, 3.05) is 0 Å². The van der Waals surface area contributed by atoms with Gasteiger partial charge in [-0.1, -0.05) is 23.7 Å². The van der Waals surface area contributed by atoms with Gasteiger partial charge in [-0.05, 0) is 46.3 Å². The number of aromatic nitrogens is 2. The zero-order chi connectivity index (χ0) is 14.8. The minimum atomic E-state index is -0.172. The quantitative estimate of drug-likeness (QED) is 0.765. The number of ether oxygens (including phenoxy) is 1. The van der Waals surface area contributed by atoms with Crippen molar-refractivity contribution in [1.82, 2.24) is 9.97 Å². The van der Waals surface area contributed by atoms with Crippen LogP contribution in [-0.4, -0.2) is 9.97 Å². The van der Waals surface area contributed by atoms with Gasteiger partial charge in [0.1, 0.15) is 18.2 Å². The first-order valence-corrected chi connectivity index (χ1v) is 7.36. The molecule has 0 unspecified atom stereocenters. The Hall–Kier alpha value is -1.85. The van der Waals surface area contributed by atoms with Crippen LogP contribution in [-0.2, 0) is 6.61 Å². The average molecular weight is 366 g/mol. The maximum Gasteiger partial charge on any atom is 0.258 e. The van der Waals surface area contributed by atoms with E-state index in [0.29, 0.717) is 27.5 Å². The van der Waals surface area contributed by atoms with Crippen molar-refractivity contribution in [3.05, 3.63) is 68.1 Å². The second-order valence-corrected chi connectivity index (χ2v) is 5.68. The molecule has 0 spiro atoms. The Labute approximate surface area is 133 Å². The molecule has 1 aromatic heterocycles. The van der Waals surface area contributed by atoms with Crippen LogP contribution in [0, 0.1) is 0 Å². The molecular weight excluding hydrogens is 356 g/mol. The van der Waals surface area contributed by atoms with E-state index < -0.39 is 0 Å². The highest BCUT2D eigenvalue weighted by atomic mass is 79.9. The van der Waals surface area contributed by atoms with Gasteiger partial charge in [0.2, 0.25) is 0 Å². The van der Waals surface area contributed by atoms with E-state index in [9.17, 15) is 4.79 Å². The summed E-state index contributed by atoms with van der Waals surface area (Å²) in [5.74, 6) is 1.11. The van der Waals surface area contributed by atoms with Gasteiger partial charge in [0.15, 0.2) is 0 Å². The highest BCUT2D eigenvalue weighted by molar-refractivity contribution is 9.10. The number of aromatic amines is 1. The first-order chi connectivity index (χ1) is 10.1.